The van der Waals surface area contributed by atoms with E-state index in [4.69, 9.17) is 18.9 Å². The fourth-order valence-corrected chi connectivity index (χ4v) is 6.24. The van der Waals surface area contributed by atoms with Crippen molar-refractivity contribution in [3.05, 3.63) is 36.5 Å². The molecule has 10 nitrogen and oxygen atoms in total. The lowest BCUT2D eigenvalue weighted by atomic mass is 9.99. The summed E-state index contributed by atoms with van der Waals surface area (Å²) in [6, 6.07) is 0. The van der Waals surface area contributed by atoms with Crippen LogP contribution in [-0.4, -0.2) is 89.0 Å². The molecule has 0 spiro atoms. The Morgan fingerprint density at radius 3 is 1.56 bits per heavy atom. The number of aliphatic hydroxyl groups is 4. The van der Waals surface area contributed by atoms with Gasteiger partial charge >= 0.3 is 11.9 Å². The molecule has 1 rings (SSSR count). The van der Waals surface area contributed by atoms with E-state index in [2.05, 4.69) is 50.3 Å². The highest BCUT2D eigenvalue weighted by Gasteiger charge is 2.44. The first kappa shape index (κ1) is 49.9. The summed E-state index contributed by atoms with van der Waals surface area (Å²) in [7, 11) is 0. The zero-order chi connectivity index (χ0) is 39.5. The van der Waals surface area contributed by atoms with Gasteiger partial charge in [0.15, 0.2) is 12.4 Å². The normalized spacial score (nSPS) is 21.0. The molecule has 0 radical (unpaired) electrons. The summed E-state index contributed by atoms with van der Waals surface area (Å²) in [6.45, 7) is 3.33. The zero-order valence-corrected chi connectivity index (χ0v) is 34.0. The third kappa shape index (κ3) is 26.7. The first-order chi connectivity index (χ1) is 26.3. The van der Waals surface area contributed by atoms with Crippen LogP contribution in [0.1, 0.15) is 174 Å². The molecule has 1 aliphatic heterocycles. The van der Waals surface area contributed by atoms with Crippen LogP contribution in [0, 0.1) is 0 Å². The van der Waals surface area contributed by atoms with Crippen molar-refractivity contribution in [2.75, 3.05) is 19.8 Å². The predicted octanol–water partition coefficient (Wildman–Crippen LogP) is 8.72. The van der Waals surface area contributed by atoms with Gasteiger partial charge in [-0.25, -0.2) is 0 Å². The van der Waals surface area contributed by atoms with Crippen LogP contribution < -0.4 is 0 Å². The number of carbonyl (C=O) groups is 2. The summed E-state index contributed by atoms with van der Waals surface area (Å²) in [5.74, 6) is -0.825. The van der Waals surface area contributed by atoms with Gasteiger partial charge in [0.05, 0.1) is 13.2 Å². The van der Waals surface area contributed by atoms with Crippen LogP contribution in [0.15, 0.2) is 36.5 Å². The van der Waals surface area contributed by atoms with Crippen molar-refractivity contribution in [2.45, 2.75) is 211 Å². The van der Waals surface area contributed by atoms with Gasteiger partial charge in [-0.3, -0.25) is 9.59 Å². The van der Waals surface area contributed by atoms with E-state index >= 15 is 0 Å². The first-order valence-electron chi connectivity index (χ1n) is 21.6. The Labute approximate surface area is 327 Å². The first-order valence-corrected chi connectivity index (χ1v) is 21.6. The van der Waals surface area contributed by atoms with E-state index in [1.807, 2.05) is 0 Å². The number of carbonyl (C=O) groups excluding carboxylic acids is 2. The van der Waals surface area contributed by atoms with Gasteiger partial charge in [-0.1, -0.05) is 140 Å². The summed E-state index contributed by atoms with van der Waals surface area (Å²) in [6.07, 6.45) is 31.4. The van der Waals surface area contributed by atoms with E-state index in [-0.39, 0.29) is 32.0 Å². The van der Waals surface area contributed by atoms with Gasteiger partial charge in [0, 0.05) is 12.8 Å². The van der Waals surface area contributed by atoms with Gasteiger partial charge in [-0.05, 0) is 57.8 Å². The van der Waals surface area contributed by atoms with Crippen molar-refractivity contribution in [1.82, 2.24) is 0 Å². The number of hydrogen-bond donors (Lipinski definition) is 4. The van der Waals surface area contributed by atoms with Crippen LogP contribution in [0.2, 0.25) is 0 Å². The monoisotopic (exact) mass is 767 g/mol. The molecule has 0 aliphatic carbocycles. The van der Waals surface area contributed by atoms with Gasteiger partial charge < -0.3 is 39.4 Å². The molecule has 10 heteroatoms. The molecule has 0 saturated carbocycles. The molecule has 0 amide bonds. The smallest absolute Gasteiger partial charge is 0.306 e. The minimum atomic E-state index is -1.60. The van der Waals surface area contributed by atoms with E-state index < -0.39 is 49.4 Å². The Bertz CT molecular complexity index is 980. The predicted molar refractivity (Wildman–Crippen MR) is 215 cm³/mol. The molecule has 1 fully saturated rings. The topological polar surface area (TPSA) is 152 Å². The van der Waals surface area contributed by atoms with Crippen LogP contribution in [0.5, 0.6) is 0 Å². The Hall–Kier alpha value is -2.08. The standard InChI is InChI=1S/C44H78O10/c1-3-5-7-9-11-13-15-17-19-21-22-24-26-28-30-32-39(46)51-35-37(36-52-44-43(50)42(49)41(48)38(34-45)54-44)53-40(47)33-31-29-27-25-23-20-18-16-14-12-10-8-6-4-2/h9-12,16,18,37-38,41-45,48-50H,3-8,13-15,17,19-36H2,1-2H3/b11-9+,12-10+,18-16+/t37-,38-,41+,42?,43?,44-/m0/s1. The van der Waals surface area contributed by atoms with Crippen molar-refractivity contribution in [2.24, 2.45) is 0 Å². The van der Waals surface area contributed by atoms with E-state index in [1.165, 1.54) is 70.6 Å². The Kier molecular flexibility index (Phi) is 32.7. The molecule has 0 aromatic heterocycles. The summed E-state index contributed by atoms with van der Waals surface area (Å²) in [5, 5.41) is 40.0. The molecule has 6 atom stereocenters. The van der Waals surface area contributed by atoms with Gasteiger partial charge in [-0.2, -0.15) is 0 Å². The minimum absolute atomic E-state index is 0.214. The lowest BCUT2D eigenvalue weighted by molar-refractivity contribution is -0.305. The highest BCUT2D eigenvalue weighted by Crippen LogP contribution is 2.22. The molecule has 54 heavy (non-hydrogen) atoms. The summed E-state index contributed by atoms with van der Waals surface area (Å²) in [4.78, 5) is 25.3. The van der Waals surface area contributed by atoms with Crippen molar-refractivity contribution in [3.8, 4) is 0 Å². The highest BCUT2D eigenvalue weighted by atomic mass is 16.7. The fraction of sp³-hybridized carbons (Fsp3) is 0.818. The summed E-state index contributed by atoms with van der Waals surface area (Å²) in [5.41, 5.74) is 0. The zero-order valence-electron chi connectivity index (χ0n) is 34.0. The van der Waals surface area contributed by atoms with Crippen LogP contribution in [0.25, 0.3) is 0 Å². The van der Waals surface area contributed by atoms with Gasteiger partial charge in [0.25, 0.3) is 0 Å². The Morgan fingerprint density at radius 2 is 1.04 bits per heavy atom. The lowest BCUT2D eigenvalue weighted by Gasteiger charge is -2.39. The molecule has 0 aromatic carbocycles. The number of allylic oxidation sites excluding steroid dienone is 6. The van der Waals surface area contributed by atoms with Crippen molar-refractivity contribution < 1.29 is 49.0 Å². The van der Waals surface area contributed by atoms with E-state index in [0.29, 0.717) is 6.42 Å². The maximum atomic E-state index is 12.7. The molecule has 2 unspecified atom stereocenters. The second-order valence-electron chi connectivity index (χ2n) is 14.8. The number of esters is 2. The number of unbranched alkanes of at least 4 members (excludes halogenated alkanes) is 18. The second kappa shape index (κ2) is 35.3. The molecule has 1 aliphatic rings. The van der Waals surface area contributed by atoms with Crippen molar-refractivity contribution >= 4 is 11.9 Å². The molecule has 0 bridgehead atoms. The largest absolute Gasteiger partial charge is 0.462 e. The third-order valence-electron chi connectivity index (χ3n) is 9.75. The highest BCUT2D eigenvalue weighted by molar-refractivity contribution is 5.70. The third-order valence-corrected chi connectivity index (χ3v) is 9.75. The SMILES string of the molecule is CCCC/C=C/C/C=C/CCCCCCCC(=O)O[C@@H](COC(=O)CCCCCCCCCCC/C=C/CCCC)CO[C@H]1O[C@@H](CO)[C@@H](O)C(O)C1O. The number of rotatable bonds is 35. The number of aliphatic hydroxyl groups excluding tert-OH is 4. The minimum Gasteiger partial charge on any atom is -0.462 e. The summed E-state index contributed by atoms with van der Waals surface area (Å²) < 4.78 is 22.1. The Balaban J connectivity index is 2.36. The van der Waals surface area contributed by atoms with Gasteiger partial charge in [0.2, 0.25) is 0 Å². The molecule has 1 heterocycles. The van der Waals surface area contributed by atoms with Crippen molar-refractivity contribution in [1.29, 1.82) is 0 Å². The fourth-order valence-electron chi connectivity index (χ4n) is 6.24. The maximum Gasteiger partial charge on any atom is 0.306 e. The van der Waals surface area contributed by atoms with E-state index in [1.54, 1.807) is 0 Å². The molecule has 314 valence electrons. The average Bonchev–Trinajstić information content (AvgIpc) is 3.17. The average molecular weight is 767 g/mol. The maximum absolute atomic E-state index is 12.7. The quantitative estimate of drug-likeness (QED) is 0.0280. The number of ether oxygens (including phenoxy) is 4. The Morgan fingerprint density at radius 1 is 0.574 bits per heavy atom. The lowest BCUT2D eigenvalue weighted by Crippen LogP contribution is -2.59. The number of hydrogen-bond acceptors (Lipinski definition) is 10. The molecule has 1 saturated heterocycles. The summed E-state index contributed by atoms with van der Waals surface area (Å²) >= 11 is 0. The van der Waals surface area contributed by atoms with Gasteiger partial charge in [-0.15, -0.1) is 0 Å². The van der Waals surface area contributed by atoms with E-state index in [9.17, 15) is 30.0 Å². The van der Waals surface area contributed by atoms with Gasteiger partial charge in [0.1, 0.15) is 31.0 Å². The molecule has 4 N–H and O–H groups in total. The molecular formula is C44H78O10. The van der Waals surface area contributed by atoms with Crippen LogP contribution >= 0.6 is 0 Å². The van der Waals surface area contributed by atoms with Crippen LogP contribution in [0.4, 0.5) is 0 Å². The second-order valence-corrected chi connectivity index (χ2v) is 14.8. The van der Waals surface area contributed by atoms with Crippen LogP contribution in [0.3, 0.4) is 0 Å². The molecule has 0 aromatic rings. The van der Waals surface area contributed by atoms with E-state index in [0.717, 1.165) is 70.6 Å². The molecular weight excluding hydrogens is 688 g/mol. The van der Waals surface area contributed by atoms with Crippen molar-refractivity contribution in [3.63, 3.8) is 0 Å². The van der Waals surface area contributed by atoms with Crippen LogP contribution in [-0.2, 0) is 28.5 Å².